The molecule has 1 nitrogen and oxygen atoms in total. The molecule has 6 heteroatoms. The molecule has 1 rings (SSSR count). The smallest absolute Gasteiger partial charge is 0.421 e. The van der Waals surface area contributed by atoms with Crippen LogP contribution in [0.5, 0.6) is 0 Å². The van der Waals surface area contributed by atoms with Gasteiger partial charge in [0.15, 0.2) is 4.90 Å². The molecule has 1 unspecified atom stereocenters. The van der Waals surface area contributed by atoms with E-state index in [0.717, 1.165) is 12.3 Å². The zero-order valence-corrected chi connectivity index (χ0v) is 8.63. The minimum atomic E-state index is -4.52. The molecular weight excluding hydrogens is 237 g/mol. The van der Waals surface area contributed by atoms with E-state index in [1.54, 1.807) is 0 Å². The molecular formula is C8H6ClF3OS. The first-order chi connectivity index (χ1) is 6.34. The lowest BCUT2D eigenvalue weighted by atomic mass is 10.2. The molecule has 1 aromatic carbocycles. The molecule has 0 amide bonds. The highest BCUT2D eigenvalue weighted by Crippen LogP contribution is 2.37. The van der Waals surface area contributed by atoms with Crippen molar-refractivity contribution in [2.75, 3.05) is 6.26 Å². The van der Waals surface area contributed by atoms with Gasteiger partial charge >= 0.3 is 6.18 Å². The van der Waals surface area contributed by atoms with Crippen molar-refractivity contribution in [2.45, 2.75) is 11.1 Å². The van der Waals surface area contributed by atoms with E-state index in [1.165, 1.54) is 12.1 Å². The highest BCUT2D eigenvalue weighted by molar-refractivity contribution is 7.90. The normalized spacial score (nSPS) is 14.1. The molecule has 1 aromatic rings. The lowest BCUT2D eigenvalue weighted by molar-refractivity contribution is -0.139. The third kappa shape index (κ3) is 2.34. The molecule has 78 valence electrons. The Kier molecular flexibility index (Phi) is 3.34. The maximum atomic E-state index is 12.4. The van der Waals surface area contributed by atoms with Crippen LogP contribution in [0.4, 0.5) is 13.2 Å². The zero-order chi connectivity index (χ0) is 10.9. The van der Waals surface area contributed by atoms with Crippen molar-refractivity contribution in [1.82, 2.24) is 0 Å². The van der Waals surface area contributed by atoms with Crippen molar-refractivity contribution in [2.24, 2.45) is 0 Å². The van der Waals surface area contributed by atoms with Gasteiger partial charge in [-0.3, -0.25) is 0 Å². The van der Waals surface area contributed by atoms with E-state index in [0.29, 0.717) is 0 Å². The van der Waals surface area contributed by atoms with Crippen molar-refractivity contribution in [3.63, 3.8) is 0 Å². The Morgan fingerprint density at radius 2 is 1.93 bits per heavy atom. The number of hydrogen-bond acceptors (Lipinski definition) is 1. The summed E-state index contributed by atoms with van der Waals surface area (Å²) in [5.74, 6) is 0. The molecule has 0 aliphatic carbocycles. The molecule has 0 radical (unpaired) electrons. The second-order valence-electron chi connectivity index (χ2n) is 2.57. The Morgan fingerprint density at radius 1 is 1.36 bits per heavy atom. The molecule has 0 aliphatic rings. The molecule has 0 spiro atoms. The standard InChI is InChI=1S/C8H6ClF3OS/c1-14(13)7-5(8(10,11)12)3-2-4-6(7)9/h2-4H,1H3. The molecule has 0 aromatic heterocycles. The molecule has 0 bridgehead atoms. The van der Waals surface area contributed by atoms with Gasteiger partial charge in [0.1, 0.15) is 11.8 Å². The summed E-state index contributed by atoms with van der Waals surface area (Å²) in [6.07, 6.45) is -3.36. The number of alkyl halides is 3. The van der Waals surface area contributed by atoms with E-state index in [9.17, 15) is 17.7 Å². The van der Waals surface area contributed by atoms with E-state index < -0.39 is 22.9 Å². The van der Waals surface area contributed by atoms with E-state index in [-0.39, 0.29) is 9.92 Å². The summed E-state index contributed by atoms with van der Waals surface area (Å²) in [7, 11) is 0. The fraction of sp³-hybridized carbons (Fsp3) is 0.250. The zero-order valence-electron chi connectivity index (χ0n) is 7.06. The van der Waals surface area contributed by atoms with Gasteiger partial charge < -0.3 is 4.55 Å². The number of hydrogen-bond donors (Lipinski definition) is 0. The minimum absolute atomic E-state index is 0.124. The summed E-state index contributed by atoms with van der Waals surface area (Å²) in [5.41, 5.74) is -0.939. The predicted octanol–water partition coefficient (Wildman–Crippen LogP) is 3.10. The molecule has 0 aliphatic heterocycles. The Hall–Kier alpha value is -0.390. The van der Waals surface area contributed by atoms with Crippen LogP contribution < -0.4 is 0 Å². The summed E-state index contributed by atoms with van der Waals surface area (Å²) in [5, 5.41) is -0.124. The van der Waals surface area contributed by atoms with Gasteiger partial charge in [0.2, 0.25) is 0 Å². The average molecular weight is 243 g/mol. The largest absolute Gasteiger partial charge is 0.612 e. The SMILES string of the molecule is C[S+]([O-])c1c(Cl)cccc1C(F)(F)F. The monoisotopic (exact) mass is 242 g/mol. The minimum Gasteiger partial charge on any atom is -0.612 e. The summed E-state index contributed by atoms with van der Waals surface area (Å²) in [4.78, 5) is -0.360. The number of benzene rings is 1. The van der Waals surface area contributed by atoms with Gasteiger partial charge in [-0.05, 0) is 23.3 Å². The van der Waals surface area contributed by atoms with Crippen LogP contribution in [0.3, 0.4) is 0 Å². The first-order valence-electron chi connectivity index (χ1n) is 3.53. The Bertz CT molecular complexity index is 338. The second-order valence-corrected chi connectivity index (χ2v) is 4.29. The van der Waals surface area contributed by atoms with E-state index in [1.807, 2.05) is 0 Å². The summed E-state index contributed by atoms with van der Waals surface area (Å²) >= 11 is 3.79. The molecule has 0 heterocycles. The lowest BCUT2D eigenvalue weighted by Gasteiger charge is -2.13. The van der Waals surface area contributed by atoms with Crippen molar-refractivity contribution in [3.8, 4) is 0 Å². The fourth-order valence-electron chi connectivity index (χ4n) is 1.02. The highest BCUT2D eigenvalue weighted by atomic mass is 35.5. The van der Waals surface area contributed by atoms with E-state index in [4.69, 9.17) is 11.6 Å². The maximum absolute atomic E-state index is 12.4. The van der Waals surface area contributed by atoms with Gasteiger partial charge in [0.05, 0.1) is 5.02 Å². The summed E-state index contributed by atoms with van der Waals surface area (Å²) < 4.78 is 48.2. The highest BCUT2D eigenvalue weighted by Gasteiger charge is 2.37. The second kappa shape index (κ2) is 4.00. The predicted molar refractivity (Wildman–Crippen MR) is 48.8 cm³/mol. The first kappa shape index (κ1) is 11.7. The van der Waals surface area contributed by atoms with Crippen molar-refractivity contribution in [1.29, 1.82) is 0 Å². The van der Waals surface area contributed by atoms with Crippen LogP contribution in [0.2, 0.25) is 5.02 Å². The van der Waals surface area contributed by atoms with Gasteiger partial charge in [0.25, 0.3) is 0 Å². The lowest BCUT2D eigenvalue weighted by Crippen LogP contribution is -2.12. The van der Waals surface area contributed by atoms with Crippen LogP contribution in [0, 0.1) is 0 Å². The van der Waals surface area contributed by atoms with Crippen LogP contribution in [0.1, 0.15) is 5.56 Å². The summed E-state index contributed by atoms with van der Waals surface area (Å²) in [6, 6.07) is 3.33. The van der Waals surface area contributed by atoms with Gasteiger partial charge in [-0.25, -0.2) is 0 Å². The third-order valence-electron chi connectivity index (χ3n) is 1.56. The molecule has 14 heavy (non-hydrogen) atoms. The average Bonchev–Trinajstić information content (AvgIpc) is 2.01. The quantitative estimate of drug-likeness (QED) is 0.694. The van der Waals surface area contributed by atoms with Crippen molar-refractivity contribution < 1.29 is 17.7 Å². The molecule has 0 saturated carbocycles. The van der Waals surface area contributed by atoms with Crippen molar-refractivity contribution >= 4 is 22.8 Å². The molecule has 0 N–H and O–H groups in total. The van der Waals surface area contributed by atoms with E-state index in [2.05, 4.69) is 0 Å². The topological polar surface area (TPSA) is 23.1 Å². The molecule has 0 saturated heterocycles. The van der Waals surface area contributed by atoms with Crippen LogP contribution >= 0.6 is 11.6 Å². The Balaban J connectivity index is 3.36. The van der Waals surface area contributed by atoms with Crippen LogP contribution in [-0.4, -0.2) is 10.8 Å². The Morgan fingerprint density at radius 3 is 2.29 bits per heavy atom. The maximum Gasteiger partial charge on any atom is 0.421 e. The third-order valence-corrected chi connectivity index (χ3v) is 3.00. The van der Waals surface area contributed by atoms with Crippen LogP contribution in [-0.2, 0) is 17.4 Å². The molecule has 0 fully saturated rings. The first-order valence-corrected chi connectivity index (χ1v) is 5.47. The fourth-order valence-corrected chi connectivity index (χ4v) is 2.36. The number of halogens is 4. The van der Waals surface area contributed by atoms with Crippen LogP contribution in [0.15, 0.2) is 23.1 Å². The summed E-state index contributed by atoms with van der Waals surface area (Å²) in [6.45, 7) is 0. The Labute approximate surface area is 87.1 Å². The number of rotatable bonds is 1. The van der Waals surface area contributed by atoms with Gasteiger partial charge in [-0.2, -0.15) is 13.2 Å². The molecule has 1 atom stereocenters. The van der Waals surface area contributed by atoms with Crippen LogP contribution in [0.25, 0.3) is 0 Å². The van der Waals surface area contributed by atoms with Gasteiger partial charge in [-0.15, -0.1) is 0 Å². The van der Waals surface area contributed by atoms with Crippen molar-refractivity contribution in [3.05, 3.63) is 28.8 Å². The van der Waals surface area contributed by atoms with Gasteiger partial charge in [0, 0.05) is 0 Å². The van der Waals surface area contributed by atoms with E-state index >= 15 is 0 Å². The van der Waals surface area contributed by atoms with Gasteiger partial charge in [-0.1, -0.05) is 17.7 Å².